The first-order valence-electron chi connectivity index (χ1n) is 9.03. The Bertz CT molecular complexity index is 864. The fourth-order valence-corrected chi connectivity index (χ4v) is 3.17. The average molecular weight is 382 g/mol. The molecule has 7 nitrogen and oxygen atoms in total. The molecule has 0 aliphatic carbocycles. The monoisotopic (exact) mass is 382 g/mol. The van der Waals surface area contributed by atoms with Crippen LogP contribution in [0.3, 0.4) is 0 Å². The summed E-state index contributed by atoms with van der Waals surface area (Å²) in [5, 5.41) is 11.8. The number of carboxylic acids is 1. The molecule has 0 bridgehead atoms. The average Bonchev–Trinajstić information content (AvgIpc) is 2.95. The molecule has 2 aromatic carbocycles. The lowest BCUT2D eigenvalue weighted by atomic mass is 10.0. The molecule has 7 heteroatoms. The molecule has 3 amide bonds. The van der Waals surface area contributed by atoms with Gasteiger partial charge in [0.15, 0.2) is 0 Å². The Morgan fingerprint density at radius 2 is 1.68 bits per heavy atom. The number of hydrogen-bond acceptors (Lipinski definition) is 4. The van der Waals surface area contributed by atoms with Gasteiger partial charge in [-0.3, -0.25) is 4.79 Å². The normalized spacial score (nSPS) is 17.5. The van der Waals surface area contributed by atoms with Crippen molar-refractivity contribution in [1.82, 2.24) is 10.2 Å². The lowest BCUT2D eigenvalue weighted by molar-refractivity contribution is -0.148. The number of nitrogens with one attached hydrogen (secondary N) is 1. The minimum atomic E-state index is -1.21. The number of nitrogens with zero attached hydrogens (tertiary/aromatic N) is 1. The second kappa shape index (κ2) is 8.12. The van der Waals surface area contributed by atoms with Crippen LogP contribution in [0.1, 0.15) is 13.8 Å². The zero-order valence-electron chi connectivity index (χ0n) is 15.7. The fourth-order valence-electron chi connectivity index (χ4n) is 3.17. The van der Waals surface area contributed by atoms with Crippen LogP contribution in [0.2, 0.25) is 0 Å². The van der Waals surface area contributed by atoms with Crippen molar-refractivity contribution in [2.75, 3.05) is 6.61 Å². The number of aliphatic carboxylic acids is 1. The second-order valence-corrected chi connectivity index (χ2v) is 6.94. The van der Waals surface area contributed by atoms with Crippen molar-refractivity contribution in [2.45, 2.75) is 25.9 Å². The maximum absolute atomic E-state index is 12.5. The van der Waals surface area contributed by atoms with Crippen molar-refractivity contribution >= 4 is 17.9 Å². The van der Waals surface area contributed by atoms with Crippen molar-refractivity contribution in [1.29, 1.82) is 0 Å². The minimum absolute atomic E-state index is 0.0732. The molecule has 1 heterocycles. The number of carboxylic acid groups (broad SMARTS) is 1. The summed E-state index contributed by atoms with van der Waals surface area (Å²) in [5.74, 6) is -1.65. The largest absolute Gasteiger partial charge is 0.491 e. The summed E-state index contributed by atoms with van der Waals surface area (Å²) in [7, 11) is 0. The van der Waals surface area contributed by atoms with Gasteiger partial charge in [-0.25, -0.2) is 14.5 Å². The molecule has 0 radical (unpaired) electrons. The van der Waals surface area contributed by atoms with Crippen molar-refractivity contribution in [3.05, 3.63) is 54.6 Å². The third kappa shape index (κ3) is 3.98. The van der Waals surface area contributed by atoms with Gasteiger partial charge in [-0.05, 0) is 29.2 Å². The Morgan fingerprint density at radius 3 is 2.25 bits per heavy atom. The Morgan fingerprint density at radius 1 is 1.07 bits per heavy atom. The highest BCUT2D eigenvalue weighted by Gasteiger charge is 2.46. The van der Waals surface area contributed by atoms with Crippen LogP contribution in [0.5, 0.6) is 5.75 Å². The standard InChI is InChI=1S/C21H22N2O5/c1-13(2)18(20(25)26)23-19(24)17(22-21(23)27)12-28-16-10-8-15(9-11-16)14-6-4-3-5-7-14/h3-11,13,17-18H,12H2,1-2H3,(H,22,27)(H,25,26). The van der Waals surface area contributed by atoms with E-state index in [1.54, 1.807) is 26.0 Å². The predicted octanol–water partition coefficient (Wildman–Crippen LogP) is 2.76. The molecule has 1 aliphatic heterocycles. The van der Waals surface area contributed by atoms with Crippen molar-refractivity contribution in [2.24, 2.45) is 5.92 Å². The van der Waals surface area contributed by atoms with Crippen LogP contribution >= 0.6 is 0 Å². The highest BCUT2D eigenvalue weighted by Crippen LogP contribution is 2.23. The lowest BCUT2D eigenvalue weighted by Crippen LogP contribution is -2.48. The maximum Gasteiger partial charge on any atom is 0.327 e. The number of imide groups is 1. The van der Waals surface area contributed by atoms with Crippen LogP contribution in [0.4, 0.5) is 4.79 Å². The Kier molecular flexibility index (Phi) is 5.63. The van der Waals surface area contributed by atoms with E-state index in [4.69, 9.17) is 4.74 Å². The van der Waals surface area contributed by atoms with Gasteiger partial charge in [-0.1, -0.05) is 56.3 Å². The second-order valence-electron chi connectivity index (χ2n) is 6.94. The van der Waals surface area contributed by atoms with Crippen molar-refractivity contribution in [3.63, 3.8) is 0 Å². The molecular formula is C21H22N2O5. The molecule has 2 N–H and O–H groups in total. The number of hydrogen-bond donors (Lipinski definition) is 2. The van der Waals surface area contributed by atoms with Gasteiger partial charge in [-0.15, -0.1) is 0 Å². The Hall–Kier alpha value is -3.35. The minimum Gasteiger partial charge on any atom is -0.491 e. The van der Waals surface area contributed by atoms with E-state index in [0.29, 0.717) is 5.75 Å². The molecule has 1 saturated heterocycles. The first-order valence-corrected chi connectivity index (χ1v) is 9.03. The van der Waals surface area contributed by atoms with E-state index in [0.717, 1.165) is 16.0 Å². The van der Waals surface area contributed by atoms with Gasteiger partial charge in [0.2, 0.25) is 0 Å². The highest BCUT2D eigenvalue weighted by atomic mass is 16.5. The van der Waals surface area contributed by atoms with Gasteiger partial charge in [0, 0.05) is 0 Å². The SMILES string of the molecule is CC(C)C(C(=O)O)N1C(=O)NC(COc2ccc(-c3ccccc3)cc2)C1=O. The Balaban J connectivity index is 1.64. The molecule has 2 atom stereocenters. The van der Waals surface area contributed by atoms with E-state index in [1.165, 1.54) is 0 Å². The van der Waals surface area contributed by atoms with Crippen LogP contribution in [0.25, 0.3) is 11.1 Å². The molecule has 1 aliphatic rings. The quantitative estimate of drug-likeness (QED) is 0.718. The number of carbonyl (C=O) groups is 3. The number of carbonyl (C=O) groups excluding carboxylic acids is 2. The van der Waals surface area contributed by atoms with E-state index in [2.05, 4.69) is 5.32 Å². The molecular weight excluding hydrogens is 360 g/mol. The molecule has 0 spiro atoms. The van der Waals surface area contributed by atoms with Gasteiger partial charge in [-0.2, -0.15) is 0 Å². The van der Waals surface area contributed by atoms with Crippen molar-refractivity contribution < 1.29 is 24.2 Å². The van der Waals surface area contributed by atoms with E-state index >= 15 is 0 Å². The summed E-state index contributed by atoms with van der Waals surface area (Å²) >= 11 is 0. The number of rotatable bonds is 7. The van der Waals surface area contributed by atoms with E-state index in [1.807, 2.05) is 42.5 Å². The molecule has 28 heavy (non-hydrogen) atoms. The third-order valence-electron chi connectivity index (χ3n) is 4.59. The number of amides is 3. The van der Waals surface area contributed by atoms with Crippen LogP contribution < -0.4 is 10.1 Å². The Labute approximate surface area is 162 Å². The number of benzene rings is 2. The smallest absolute Gasteiger partial charge is 0.327 e. The van der Waals surface area contributed by atoms with Gasteiger partial charge in [0.25, 0.3) is 5.91 Å². The zero-order valence-corrected chi connectivity index (χ0v) is 15.7. The fraction of sp³-hybridized carbons (Fsp3) is 0.286. The molecule has 3 rings (SSSR count). The first-order chi connectivity index (χ1) is 13.4. The number of urea groups is 1. The van der Waals surface area contributed by atoms with E-state index in [-0.39, 0.29) is 6.61 Å². The summed E-state index contributed by atoms with van der Waals surface area (Å²) in [6, 6.07) is 14.4. The summed E-state index contributed by atoms with van der Waals surface area (Å²) in [6.07, 6.45) is 0. The topological polar surface area (TPSA) is 95.9 Å². The van der Waals surface area contributed by atoms with Crippen molar-refractivity contribution in [3.8, 4) is 16.9 Å². The van der Waals surface area contributed by atoms with E-state index in [9.17, 15) is 19.5 Å². The molecule has 1 fully saturated rings. The highest BCUT2D eigenvalue weighted by molar-refractivity contribution is 6.07. The zero-order chi connectivity index (χ0) is 20.3. The molecule has 0 saturated carbocycles. The first kappa shape index (κ1) is 19.4. The van der Waals surface area contributed by atoms with Gasteiger partial charge in [0.05, 0.1) is 0 Å². The van der Waals surface area contributed by atoms with Gasteiger partial charge < -0.3 is 15.2 Å². The molecule has 2 aromatic rings. The van der Waals surface area contributed by atoms with E-state index < -0.39 is 35.9 Å². The van der Waals surface area contributed by atoms with Gasteiger partial charge in [0.1, 0.15) is 24.4 Å². The third-order valence-corrected chi connectivity index (χ3v) is 4.59. The van der Waals surface area contributed by atoms with Gasteiger partial charge >= 0.3 is 12.0 Å². The summed E-state index contributed by atoms with van der Waals surface area (Å²) in [6.45, 7) is 3.23. The lowest BCUT2D eigenvalue weighted by Gasteiger charge is -2.24. The van der Waals surface area contributed by atoms with Crippen LogP contribution in [0, 0.1) is 5.92 Å². The molecule has 0 aromatic heterocycles. The molecule has 2 unspecified atom stereocenters. The van der Waals surface area contributed by atoms with Crippen LogP contribution in [-0.2, 0) is 9.59 Å². The molecule has 146 valence electrons. The summed E-state index contributed by atoms with van der Waals surface area (Å²) in [4.78, 5) is 36.9. The van der Waals surface area contributed by atoms with Crippen LogP contribution in [0.15, 0.2) is 54.6 Å². The summed E-state index contributed by atoms with van der Waals surface area (Å²) < 4.78 is 5.64. The van der Waals surface area contributed by atoms with Crippen LogP contribution in [-0.4, -0.2) is 46.6 Å². The maximum atomic E-state index is 12.5. The summed E-state index contributed by atoms with van der Waals surface area (Å²) in [5.41, 5.74) is 2.11. The number of ether oxygens (including phenoxy) is 1. The predicted molar refractivity (Wildman–Crippen MR) is 103 cm³/mol.